The number of nitrogens with two attached hydrogens (primary N) is 1. The third-order valence-corrected chi connectivity index (χ3v) is 3.08. The van der Waals surface area contributed by atoms with E-state index in [0.717, 1.165) is 5.56 Å². The molecule has 0 fully saturated rings. The largest absolute Gasteiger partial charge is 0.495 e. The minimum Gasteiger partial charge on any atom is -0.495 e. The van der Waals surface area contributed by atoms with Gasteiger partial charge in [-0.1, -0.05) is 12.1 Å². The summed E-state index contributed by atoms with van der Waals surface area (Å²) in [7, 11) is 1.53. The Morgan fingerprint density at radius 2 is 1.95 bits per heavy atom. The van der Waals surface area contributed by atoms with Crippen molar-refractivity contribution >= 4 is 11.5 Å². The van der Waals surface area contributed by atoms with E-state index in [2.05, 4.69) is 5.32 Å². The van der Waals surface area contributed by atoms with Gasteiger partial charge in [0.05, 0.1) is 19.3 Å². The molecule has 3 N–H and O–H groups in total. The molecule has 0 aliphatic carbocycles. The number of halogens is 1. The Balaban J connectivity index is 1.89. The van der Waals surface area contributed by atoms with Crippen molar-refractivity contribution in [1.82, 2.24) is 5.32 Å². The van der Waals surface area contributed by atoms with Gasteiger partial charge in [0, 0.05) is 12.1 Å². The summed E-state index contributed by atoms with van der Waals surface area (Å²) in [5.74, 6) is 0.209. The molecule has 0 spiro atoms. The molecule has 0 atom stereocenters. The first-order valence-corrected chi connectivity index (χ1v) is 6.52. The number of ether oxygens (including phenoxy) is 1. The average Bonchev–Trinajstić information content (AvgIpc) is 2.49. The summed E-state index contributed by atoms with van der Waals surface area (Å²) < 4.78 is 17.8. The molecule has 0 heterocycles. The number of carbonyl (C=O) groups excluding carboxylic acids is 1. The third-order valence-electron chi connectivity index (χ3n) is 3.08. The molecule has 0 saturated carbocycles. The number of nitrogen functional groups attached to an aromatic ring is 1. The fourth-order valence-electron chi connectivity index (χ4n) is 1.93. The normalized spacial score (nSPS) is 10.4. The monoisotopic (exact) mass is 288 g/mol. The summed E-state index contributed by atoms with van der Waals surface area (Å²) in [6.45, 7) is 0.681. The molecular formula is C16H17FN2O2. The molecule has 0 saturated heterocycles. The maximum absolute atomic E-state index is 12.8. The van der Waals surface area contributed by atoms with Crippen molar-refractivity contribution in [3.63, 3.8) is 0 Å². The van der Waals surface area contributed by atoms with Crippen molar-refractivity contribution in [2.75, 3.05) is 19.4 Å². The Hall–Kier alpha value is -2.40. The highest BCUT2D eigenvalue weighted by Gasteiger charge is 2.08. The minimum absolute atomic E-state index is 0.0635. The second-order valence-corrected chi connectivity index (χ2v) is 4.61. The Kier molecular flexibility index (Phi) is 4.90. The Bertz CT molecular complexity index is 627. The van der Waals surface area contributed by atoms with Gasteiger partial charge in [-0.2, -0.15) is 0 Å². The van der Waals surface area contributed by atoms with Crippen LogP contribution in [0.1, 0.15) is 15.9 Å². The molecule has 110 valence electrons. The fraction of sp³-hybridized carbons (Fsp3) is 0.188. The van der Waals surface area contributed by atoms with Crippen molar-refractivity contribution < 1.29 is 13.9 Å². The van der Waals surface area contributed by atoms with Gasteiger partial charge in [-0.25, -0.2) is 4.39 Å². The van der Waals surface area contributed by atoms with Crippen LogP contribution >= 0.6 is 0 Å². The summed E-state index contributed by atoms with van der Waals surface area (Å²) in [5, 5.41) is 3.02. The van der Waals surface area contributed by atoms with Crippen LogP contribution < -0.4 is 15.8 Å². The molecule has 4 nitrogen and oxygen atoms in total. The van der Waals surface area contributed by atoms with Crippen LogP contribution in [0.4, 0.5) is 10.1 Å². The van der Waals surface area contributed by atoms with E-state index in [-0.39, 0.29) is 18.1 Å². The second-order valence-electron chi connectivity index (χ2n) is 4.61. The van der Waals surface area contributed by atoms with Crippen LogP contribution in [0.5, 0.6) is 5.75 Å². The molecule has 0 aliphatic rings. The smallest absolute Gasteiger partial charge is 0.176 e. The highest BCUT2D eigenvalue weighted by molar-refractivity contribution is 5.98. The number of nitrogens with one attached hydrogen (secondary N) is 1. The van der Waals surface area contributed by atoms with Crippen LogP contribution in [0.3, 0.4) is 0 Å². The number of hydrogen-bond donors (Lipinski definition) is 2. The molecule has 0 amide bonds. The van der Waals surface area contributed by atoms with Gasteiger partial charge in [0.2, 0.25) is 0 Å². The lowest BCUT2D eigenvalue weighted by Crippen LogP contribution is -2.22. The van der Waals surface area contributed by atoms with Crippen LogP contribution in [0.2, 0.25) is 0 Å². The SMILES string of the molecule is COc1ccc(C(=O)CNCc2ccc(F)cc2)cc1N. The van der Waals surface area contributed by atoms with Gasteiger partial charge in [-0.15, -0.1) is 0 Å². The van der Waals surface area contributed by atoms with E-state index in [0.29, 0.717) is 23.5 Å². The third kappa shape index (κ3) is 4.03. The number of Topliss-reactive ketones (excluding diaryl/α,β-unsaturated/α-hetero) is 1. The van der Waals surface area contributed by atoms with Gasteiger partial charge in [0.1, 0.15) is 11.6 Å². The highest BCUT2D eigenvalue weighted by Crippen LogP contribution is 2.21. The maximum Gasteiger partial charge on any atom is 0.176 e. The summed E-state index contributed by atoms with van der Waals surface area (Å²) in [6, 6.07) is 11.1. The first-order valence-electron chi connectivity index (χ1n) is 6.52. The Morgan fingerprint density at radius 3 is 2.57 bits per heavy atom. The van der Waals surface area contributed by atoms with Crippen molar-refractivity contribution in [3.8, 4) is 5.75 Å². The molecule has 0 aliphatic heterocycles. The van der Waals surface area contributed by atoms with E-state index in [4.69, 9.17) is 10.5 Å². The molecule has 0 bridgehead atoms. The summed E-state index contributed by atoms with van der Waals surface area (Å²) in [5.41, 5.74) is 7.65. The van der Waals surface area contributed by atoms with Gasteiger partial charge in [-0.3, -0.25) is 4.79 Å². The molecule has 0 radical (unpaired) electrons. The molecule has 0 aromatic heterocycles. The van der Waals surface area contributed by atoms with Crippen LogP contribution in [-0.2, 0) is 6.54 Å². The minimum atomic E-state index is -0.275. The van der Waals surface area contributed by atoms with Gasteiger partial charge in [0.25, 0.3) is 0 Å². The van der Waals surface area contributed by atoms with E-state index in [1.54, 1.807) is 30.3 Å². The number of ketones is 1. The first kappa shape index (κ1) is 15.0. The summed E-state index contributed by atoms with van der Waals surface area (Å²) in [6.07, 6.45) is 0. The van der Waals surface area contributed by atoms with Crippen molar-refractivity contribution in [1.29, 1.82) is 0 Å². The number of carbonyl (C=O) groups is 1. The maximum atomic E-state index is 12.8. The molecule has 2 aromatic carbocycles. The predicted octanol–water partition coefficient (Wildman–Crippen LogP) is 2.39. The summed E-state index contributed by atoms with van der Waals surface area (Å²) >= 11 is 0. The molecular weight excluding hydrogens is 271 g/mol. The van der Waals surface area contributed by atoms with Gasteiger partial charge >= 0.3 is 0 Å². The van der Waals surface area contributed by atoms with Crippen LogP contribution in [0, 0.1) is 5.82 Å². The highest BCUT2D eigenvalue weighted by atomic mass is 19.1. The molecule has 21 heavy (non-hydrogen) atoms. The van der Waals surface area contributed by atoms with Crippen molar-refractivity contribution in [2.45, 2.75) is 6.54 Å². The van der Waals surface area contributed by atoms with Gasteiger partial charge in [0.15, 0.2) is 5.78 Å². The second kappa shape index (κ2) is 6.85. The zero-order valence-electron chi connectivity index (χ0n) is 11.7. The van der Waals surface area contributed by atoms with Crippen LogP contribution in [0.25, 0.3) is 0 Å². The van der Waals surface area contributed by atoms with Gasteiger partial charge in [-0.05, 0) is 35.9 Å². The standard InChI is InChI=1S/C16H17FN2O2/c1-21-16-7-4-12(8-14(16)18)15(20)10-19-9-11-2-5-13(17)6-3-11/h2-8,19H,9-10,18H2,1H3. The van der Waals surface area contributed by atoms with E-state index >= 15 is 0 Å². The number of methoxy groups -OCH3 is 1. The molecule has 0 unspecified atom stereocenters. The van der Waals surface area contributed by atoms with E-state index in [9.17, 15) is 9.18 Å². The quantitative estimate of drug-likeness (QED) is 0.633. The fourth-order valence-corrected chi connectivity index (χ4v) is 1.93. The molecule has 2 aromatic rings. The average molecular weight is 288 g/mol. The lowest BCUT2D eigenvalue weighted by molar-refractivity contribution is 0.0991. The lowest BCUT2D eigenvalue weighted by Gasteiger charge is -2.08. The van der Waals surface area contributed by atoms with Gasteiger partial charge < -0.3 is 15.8 Å². The van der Waals surface area contributed by atoms with E-state index in [1.807, 2.05) is 0 Å². The zero-order chi connectivity index (χ0) is 15.2. The van der Waals surface area contributed by atoms with Crippen LogP contribution in [0.15, 0.2) is 42.5 Å². The van der Waals surface area contributed by atoms with Crippen molar-refractivity contribution in [2.24, 2.45) is 0 Å². The molecule has 2 rings (SSSR count). The summed E-state index contributed by atoms with van der Waals surface area (Å²) in [4.78, 5) is 12.0. The number of anilines is 1. The number of benzene rings is 2. The first-order chi connectivity index (χ1) is 10.1. The van der Waals surface area contributed by atoms with E-state index < -0.39 is 0 Å². The topological polar surface area (TPSA) is 64.3 Å². The van der Waals surface area contributed by atoms with E-state index in [1.165, 1.54) is 19.2 Å². The zero-order valence-corrected chi connectivity index (χ0v) is 11.7. The molecule has 5 heteroatoms. The van der Waals surface area contributed by atoms with Crippen molar-refractivity contribution in [3.05, 3.63) is 59.4 Å². The number of hydrogen-bond acceptors (Lipinski definition) is 4. The number of rotatable bonds is 6. The Labute approximate surface area is 122 Å². The predicted molar refractivity (Wildman–Crippen MR) is 79.8 cm³/mol. The Morgan fingerprint density at radius 1 is 1.24 bits per heavy atom. The van der Waals surface area contributed by atoms with Crippen LogP contribution in [-0.4, -0.2) is 19.4 Å². The lowest BCUT2D eigenvalue weighted by atomic mass is 10.1.